The monoisotopic (exact) mass is 284 g/mol. The average Bonchev–Trinajstić information content (AvgIpc) is 2.47. The van der Waals surface area contributed by atoms with Gasteiger partial charge in [0.2, 0.25) is 5.91 Å². The van der Waals surface area contributed by atoms with Gasteiger partial charge in [-0.1, -0.05) is 20.8 Å². The number of hydrogen-bond donors (Lipinski definition) is 1. The van der Waals surface area contributed by atoms with Gasteiger partial charge in [-0.2, -0.15) is 0 Å². The fourth-order valence-electron chi connectivity index (χ4n) is 2.94. The van der Waals surface area contributed by atoms with Crippen LogP contribution in [0.15, 0.2) is 0 Å². The van der Waals surface area contributed by atoms with E-state index in [-0.39, 0.29) is 17.4 Å². The number of methoxy groups -OCH3 is 1. The smallest absolute Gasteiger partial charge is 0.228 e. The van der Waals surface area contributed by atoms with Gasteiger partial charge in [-0.25, -0.2) is 0 Å². The maximum atomic E-state index is 13.0. The molecule has 1 heterocycles. The van der Waals surface area contributed by atoms with Crippen LogP contribution < -0.4 is 5.32 Å². The Kier molecular flexibility index (Phi) is 6.96. The standard InChI is InChI=1S/C16H32N2O2/c1-6-13(2)18(10-11-20-5)15(19)16(3,4)14-8-7-9-17-12-14/h13-14,17H,6-12H2,1-5H3. The molecule has 0 aromatic rings. The Hall–Kier alpha value is -0.610. The summed E-state index contributed by atoms with van der Waals surface area (Å²) in [6.45, 7) is 11.8. The van der Waals surface area contributed by atoms with Gasteiger partial charge in [-0.3, -0.25) is 4.79 Å². The normalized spacial score (nSPS) is 21.6. The van der Waals surface area contributed by atoms with Crippen molar-refractivity contribution in [2.75, 3.05) is 33.4 Å². The molecule has 0 saturated carbocycles. The first-order chi connectivity index (χ1) is 9.45. The van der Waals surface area contributed by atoms with Crippen molar-refractivity contribution in [1.29, 1.82) is 0 Å². The molecule has 0 radical (unpaired) electrons. The molecule has 4 nitrogen and oxygen atoms in total. The molecule has 4 heteroatoms. The molecule has 1 fully saturated rings. The molecule has 2 atom stereocenters. The van der Waals surface area contributed by atoms with Crippen LogP contribution in [0.5, 0.6) is 0 Å². The molecule has 1 N–H and O–H groups in total. The lowest BCUT2D eigenvalue weighted by Crippen LogP contribution is -2.52. The number of ether oxygens (including phenoxy) is 1. The minimum atomic E-state index is -0.301. The number of rotatable bonds is 7. The van der Waals surface area contributed by atoms with E-state index in [1.54, 1.807) is 7.11 Å². The number of amides is 1. The maximum absolute atomic E-state index is 13.0. The van der Waals surface area contributed by atoms with Crippen molar-refractivity contribution in [2.24, 2.45) is 11.3 Å². The quantitative estimate of drug-likeness (QED) is 0.780. The number of hydrogen-bond acceptors (Lipinski definition) is 3. The van der Waals surface area contributed by atoms with Crippen LogP contribution in [-0.4, -0.2) is 50.2 Å². The molecule has 0 aliphatic carbocycles. The van der Waals surface area contributed by atoms with Gasteiger partial charge >= 0.3 is 0 Å². The molecular formula is C16H32N2O2. The first kappa shape index (κ1) is 17.4. The first-order valence-electron chi connectivity index (χ1n) is 7.95. The minimum absolute atomic E-state index is 0.272. The summed E-state index contributed by atoms with van der Waals surface area (Å²) in [5, 5.41) is 3.43. The van der Waals surface area contributed by atoms with E-state index in [0.29, 0.717) is 19.1 Å². The third kappa shape index (κ3) is 4.19. The SMILES string of the molecule is CCC(C)N(CCOC)C(=O)C(C)(C)C1CCCNC1. The largest absolute Gasteiger partial charge is 0.383 e. The van der Waals surface area contributed by atoms with Gasteiger partial charge in [-0.15, -0.1) is 0 Å². The molecule has 0 bridgehead atoms. The summed E-state index contributed by atoms with van der Waals surface area (Å²) < 4.78 is 5.17. The Bertz CT molecular complexity index is 299. The Morgan fingerprint density at radius 1 is 1.50 bits per heavy atom. The van der Waals surface area contributed by atoms with Gasteiger partial charge in [0.1, 0.15) is 0 Å². The van der Waals surface area contributed by atoms with E-state index in [0.717, 1.165) is 25.9 Å². The lowest BCUT2D eigenvalue weighted by Gasteiger charge is -2.41. The zero-order valence-electron chi connectivity index (χ0n) is 13.9. The molecule has 1 amide bonds. The molecule has 1 saturated heterocycles. The third-order valence-electron chi connectivity index (χ3n) is 4.79. The number of carbonyl (C=O) groups is 1. The van der Waals surface area contributed by atoms with Crippen molar-refractivity contribution in [3.8, 4) is 0 Å². The van der Waals surface area contributed by atoms with Crippen LogP contribution in [-0.2, 0) is 9.53 Å². The summed E-state index contributed by atoms with van der Waals surface area (Å²) in [5.41, 5.74) is -0.301. The van der Waals surface area contributed by atoms with Crippen LogP contribution in [0, 0.1) is 11.3 Å². The second-order valence-corrected chi connectivity index (χ2v) is 6.51. The van der Waals surface area contributed by atoms with Crippen molar-refractivity contribution < 1.29 is 9.53 Å². The molecule has 118 valence electrons. The van der Waals surface area contributed by atoms with Gasteiger partial charge in [0.05, 0.1) is 6.61 Å². The second kappa shape index (κ2) is 7.99. The molecule has 1 aliphatic heterocycles. The lowest BCUT2D eigenvalue weighted by molar-refractivity contribution is -0.146. The number of piperidine rings is 1. The van der Waals surface area contributed by atoms with Crippen LogP contribution in [0.1, 0.15) is 47.0 Å². The van der Waals surface area contributed by atoms with Gasteiger partial charge < -0.3 is 15.0 Å². The highest BCUT2D eigenvalue weighted by Gasteiger charge is 2.40. The Morgan fingerprint density at radius 2 is 2.20 bits per heavy atom. The second-order valence-electron chi connectivity index (χ2n) is 6.51. The fraction of sp³-hybridized carbons (Fsp3) is 0.938. The lowest BCUT2D eigenvalue weighted by atomic mass is 9.73. The molecule has 0 aromatic carbocycles. The molecular weight excluding hydrogens is 252 g/mol. The topological polar surface area (TPSA) is 41.6 Å². The van der Waals surface area contributed by atoms with Gasteiger partial charge in [0.15, 0.2) is 0 Å². The first-order valence-corrected chi connectivity index (χ1v) is 7.95. The van der Waals surface area contributed by atoms with Gasteiger partial charge in [0.25, 0.3) is 0 Å². The van der Waals surface area contributed by atoms with Crippen molar-refractivity contribution >= 4 is 5.91 Å². The molecule has 1 rings (SSSR count). The summed E-state index contributed by atoms with van der Waals surface area (Å²) >= 11 is 0. The predicted molar refractivity (Wildman–Crippen MR) is 82.7 cm³/mol. The Morgan fingerprint density at radius 3 is 2.70 bits per heavy atom. The fourth-order valence-corrected chi connectivity index (χ4v) is 2.94. The van der Waals surface area contributed by atoms with E-state index in [4.69, 9.17) is 4.74 Å². The van der Waals surface area contributed by atoms with E-state index in [9.17, 15) is 4.79 Å². The Balaban J connectivity index is 2.79. The average molecular weight is 284 g/mol. The van der Waals surface area contributed by atoms with Gasteiger partial charge in [0, 0.05) is 25.1 Å². The minimum Gasteiger partial charge on any atom is -0.383 e. The summed E-state index contributed by atoms with van der Waals surface area (Å²) in [7, 11) is 1.69. The Labute approximate surface area is 124 Å². The number of nitrogens with zero attached hydrogens (tertiary/aromatic N) is 1. The van der Waals surface area contributed by atoms with Crippen molar-refractivity contribution in [3.63, 3.8) is 0 Å². The van der Waals surface area contributed by atoms with Crippen LogP contribution in [0.2, 0.25) is 0 Å². The van der Waals surface area contributed by atoms with Crippen molar-refractivity contribution in [3.05, 3.63) is 0 Å². The van der Waals surface area contributed by atoms with E-state index in [1.807, 2.05) is 4.90 Å². The predicted octanol–water partition coefficient (Wildman–Crippen LogP) is 2.29. The molecule has 0 aromatic heterocycles. The zero-order chi connectivity index (χ0) is 15.2. The van der Waals surface area contributed by atoms with E-state index >= 15 is 0 Å². The highest BCUT2D eigenvalue weighted by atomic mass is 16.5. The van der Waals surface area contributed by atoms with Crippen LogP contribution in [0.4, 0.5) is 0 Å². The highest BCUT2D eigenvalue weighted by molar-refractivity contribution is 5.82. The number of carbonyl (C=O) groups excluding carboxylic acids is 1. The van der Waals surface area contributed by atoms with Crippen LogP contribution >= 0.6 is 0 Å². The van der Waals surface area contributed by atoms with Gasteiger partial charge in [-0.05, 0) is 45.2 Å². The van der Waals surface area contributed by atoms with Crippen molar-refractivity contribution in [1.82, 2.24) is 10.2 Å². The van der Waals surface area contributed by atoms with E-state index < -0.39 is 0 Å². The molecule has 2 unspecified atom stereocenters. The molecule has 1 aliphatic rings. The summed E-state index contributed by atoms with van der Waals surface area (Å²) in [5.74, 6) is 0.704. The highest BCUT2D eigenvalue weighted by Crippen LogP contribution is 2.34. The van der Waals surface area contributed by atoms with E-state index in [1.165, 1.54) is 6.42 Å². The third-order valence-corrected chi connectivity index (χ3v) is 4.79. The summed E-state index contributed by atoms with van der Waals surface area (Å²) in [6.07, 6.45) is 3.29. The maximum Gasteiger partial charge on any atom is 0.228 e. The summed E-state index contributed by atoms with van der Waals surface area (Å²) in [4.78, 5) is 15.0. The van der Waals surface area contributed by atoms with Crippen LogP contribution in [0.3, 0.4) is 0 Å². The van der Waals surface area contributed by atoms with Crippen LogP contribution in [0.25, 0.3) is 0 Å². The summed E-state index contributed by atoms with van der Waals surface area (Å²) in [6, 6.07) is 0.272. The zero-order valence-corrected chi connectivity index (χ0v) is 13.9. The number of nitrogens with one attached hydrogen (secondary N) is 1. The van der Waals surface area contributed by atoms with Crippen molar-refractivity contribution in [2.45, 2.75) is 53.0 Å². The molecule has 20 heavy (non-hydrogen) atoms. The van der Waals surface area contributed by atoms with E-state index in [2.05, 4.69) is 33.0 Å². The molecule has 0 spiro atoms.